The van der Waals surface area contributed by atoms with Crippen molar-refractivity contribution >= 4 is 5.71 Å². The molecule has 0 radical (unpaired) electrons. The zero-order valence-electron chi connectivity index (χ0n) is 8.49. The van der Waals surface area contributed by atoms with Gasteiger partial charge in [0.1, 0.15) is 0 Å². The largest absolute Gasteiger partial charge is 0.309 e. The molecule has 0 aliphatic rings. The molecule has 0 unspecified atom stereocenters. The van der Waals surface area contributed by atoms with Gasteiger partial charge in [-0.05, 0) is 24.2 Å². The summed E-state index contributed by atoms with van der Waals surface area (Å²) < 4.78 is 0. The van der Waals surface area contributed by atoms with Gasteiger partial charge < -0.3 is 5.41 Å². The van der Waals surface area contributed by atoms with Gasteiger partial charge in [-0.1, -0.05) is 34.6 Å². The van der Waals surface area contributed by atoms with Gasteiger partial charge in [0.2, 0.25) is 0 Å². The Labute approximate surface area is 70.7 Å². The number of hydrogen-bond donors (Lipinski definition) is 1. The second kappa shape index (κ2) is 3.89. The third kappa shape index (κ3) is 5.00. The highest BCUT2D eigenvalue weighted by Crippen LogP contribution is 2.25. The monoisotopic (exact) mass is 155 g/mol. The molecule has 1 heteroatoms. The van der Waals surface area contributed by atoms with Crippen LogP contribution in [0.5, 0.6) is 0 Å². The van der Waals surface area contributed by atoms with Crippen LogP contribution < -0.4 is 0 Å². The van der Waals surface area contributed by atoms with E-state index >= 15 is 0 Å². The third-order valence-corrected chi connectivity index (χ3v) is 1.89. The molecular formula is C10H21N. The van der Waals surface area contributed by atoms with Crippen molar-refractivity contribution in [3.63, 3.8) is 0 Å². The van der Waals surface area contributed by atoms with Crippen molar-refractivity contribution in [3.8, 4) is 0 Å². The van der Waals surface area contributed by atoms with Crippen molar-refractivity contribution in [2.75, 3.05) is 0 Å². The lowest BCUT2D eigenvalue weighted by Crippen LogP contribution is -2.17. The summed E-state index contributed by atoms with van der Waals surface area (Å²) in [6.45, 7) is 10.9. The molecule has 1 N–H and O–H groups in total. The zero-order chi connectivity index (χ0) is 9.07. The lowest BCUT2D eigenvalue weighted by atomic mass is 9.83. The van der Waals surface area contributed by atoms with Gasteiger partial charge in [0.05, 0.1) is 0 Å². The van der Waals surface area contributed by atoms with Crippen molar-refractivity contribution in [3.05, 3.63) is 0 Å². The molecule has 1 atom stereocenters. The maximum Gasteiger partial charge on any atom is 0.0115 e. The fourth-order valence-electron chi connectivity index (χ4n) is 1.39. The maximum atomic E-state index is 7.62. The lowest BCUT2D eigenvalue weighted by Gasteiger charge is -2.23. The van der Waals surface area contributed by atoms with Crippen LogP contribution in [-0.4, -0.2) is 5.71 Å². The minimum Gasteiger partial charge on any atom is -0.309 e. The van der Waals surface area contributed by atoms with Crippen LogP contribution in [0.4, 0.5) is 0 Å². The smallest absolute Gasteiger partial charge is 0.0115 e. The molecule has 0 saturated heterocycles. The Hall–Kier alpha value is -0.330. The highest BCUT2D eigenvalue weighted by molar-refractivity contribution is 5.83. The Morgan fingerprint density at radius 2 is 1.82 bits per heavy atom. The molecule has 0 aromatic rings. The molecular weight excluding hydrogens is 134 g/mol. The SMILES string of the molecule is CCC(=N)[C@@H](C)CC(C)(C)C. The normalized spacial score (nSPS) is 14.6. The second-order valence-corrected chi connectivity index (χ2v) is 4.54. The summed E-state index contributed by atoms with van der Waals surface area (Å²) in [4.78, 5) is 0. The van der Waals surface area contributed by atoms with Crippen molar-refractivity contribution in [2.45, 2.75) is 47.5 Å². The summed E-state index contributed by atoms with van der Waals surface area (Å²) in [6.07, 6.45) is 2.02. The molecule has 0 heterocycles. The molecule has 0 saturated carbocycles. The molecule has 0 aromatic carbocycles. The van der Waals surface area contributed by atoms with E-state index < -0.39 is 0 Å². The van der Waals surface area contributed by atoms with Crippen LogP contribution >= 0.6 is 0 Å². The number of hydrogen-bond acceptors (Lipinski definition) is 1. The van der Waals surface area contributed by atoms with E-state index in [1.165, 1.54) is 0 Å². The van der Waals surface area contributed by atoms with Crippen LogP contribution in [0.25, 0.3) is 0 Å². The molecule has 0 amide bonds. The summed E-state index contributed by atoms with van der Waals surface area (Å²) in [6, 6.07) is 0. The fourth-order valence-corrected chi connectivity index (χ4v) is 1.39. The van der Waals surface area contributed by atoms with Gasteiger partial charge in [0.25, 0.3) is 0 Å². The Bertz CT molecular complexity index is 130. The first kappa shape index (κ1) is 10.7. The van der Waals surface area contributed by atoms with E-state index in [0.29, 0.717) is 11.3 Å². The van der Waals surface area contributed by atoms with Crippen molar-refractivity contribution < 1.29 is 0 Å². The average molecular weight is 155 g/mol. The van der Waals surface area contributed by atoms with E-state index in [4.69, 9.17) is 5.41 Å². The number of nitrogens with one attached hydrogen (secondary N) is 1. The molecule has 0 bridgehead atoms. The van der Waals surface area contributed by atoms with E-state index in [9.17, 15) is 0 Å². The van der Waals surface area contributed by atoms with E-state index in [1.807, 2.05) is 0 Å². The predicted octanol–water partition coefficient (Wildman–Crippen LogP) is 3.49. The maximum absolute atomic E-state index is 7.62. The predicted molar refractivity (Wildman–Crippen MR) is 51.3 cm³/mol. The molecule has 0 aromatic heterocycles. The van der Waals surface area contributed by atoms with Gasteiger partial charge in [0, 0.05) is 5.71 Å². The van der Waals surface area contributed by atoms with E-state index in [-0.39, 0.29) is 0 Å². The summed E-state index contributed by atoms with van der Waals surface area (Å²) in [5.74, 6) is 0.458. The Morgan fingerprint density at radius 1 is 1.36 bits per heavy atom. The Kier molecular flexibility index (Phi) is 3.77. The van der Waals surface area contributed by atoms with Crippen LogP contribution in [0.2, 0.25) is 0 Å². The fraction of sp³-hybridized carbons (Fsp3) is 0.900. The quantitative estimate of drug-likeness (QED) is 0.603. The average Bonchev–Trinajstić information content (AvgIpc) is 1.82. The Morgan fingerprint density at radius 3 is 2.09 bits per heavy atom. The minimum atomic E-state index is 0.362. The first-order valence-electron chi connectivity index (χ1n) is 4.44. The van der Waals surface area contributed by atoms with E-state index in [0.717, 1.165) is 18.6 Å². The van der Waals surface area contributed by atoms with Gasteiger partial charge in [-0.3, -0.25) is 0 Å². The van der Waals surface area contributed by atoms with Crippen LogP contribution in [0.15, 0.2) is 0 Å². The van der Waals surface area contributed by atoms with Crippen LogP contribution in [0.1, 0.15) is 47.5 Å². The highest BCUT2D eigenvalue weighted by Gasteiger charge is 2.17. The second-order valence-electron chi connectivity index (χ2n) is 4.54. The summed E-state index contributed by atoms with van der Waals surface area (Å²) >= 11 is 0. The molecule has 0 rings (SSSR count). The standard InChI is InChI=1S/C10H21N/c1-6-9(11)8(2)7-10(3,4)5/h8,11H,6-7H2,1-5H3/t8-/m0/s1. The summed E-state index contributed by atoms with van der Waals surface area (Å²) in [5.41, 5.74) is 1.25. The van der Waals surface area contributed by atoms with E-state index in [2.05, 4.69) is 34.6 Å². The first-order valence-corrected chi connectivity index (χ1v) is 4.44. The van der Waals surface area contributed by atoms with Crippen LogP contribution in [0.3, 0.4) is 0 Å². The molecule has 0 spiro atoms. The van der Waals surface area contributed by atoms with Crippen molar-refractivity contribution in [1.82, 2.24) is 0 Å². The van der Waals surface area contributed by atoms with Crippen molar-refractivity contribution in [1.29, 1.82) is 5.41 Å². The minimum absolute atomic E-state index is 0.362. The molecule has 0 aliphatic heterocycles. The molecule has 11 heavy (non-hydrogen) atoms. The molecule has 0 fully saturated rings. The van der Waals surface area contributed by atoms with Crippen LogP contribution in [-0.2, 0) is 0 Å². The van der Waals surface area contributed by atoms with Gasteiger partial charge in [-0.15, -0.1) is 0 Å². The van der Waals surface area contributed by atoms with Gasteiger partial charge >= 0.3 is 0 Å². The first-order chi connectivity index (χ1) is 4.87. The molecule has 1 nitrogen and oxygen atoms in total. The lowest BCUT2D eigenvalue weighted by molar-refractivity contribution is 0.344. The highest BCUT2D eigenvalue weighted by atomic mass is 14.4. The van der Waals surface area contributed by atoms with Gasteiger partial charge in [-0.2, -0.15) is 0 Å². The topological polar surface area (TPSA) is 23.9 Å². The molecule has 0 aliphatic carbocycles. The Balaban J connectivity index is 3.87. The molecule has 66 valence electrons. The number of rotatable bonds is 3. The van der Waals surface area contributed by atoms with E-state index in [1.54, 1.807) is 0 Å². The van der Waals surface area contributed by atoms with Gasteiger partial charge in [-0.25, -0.2) is 0 Å². The summed E-state index contributed by atoms with van der Waals surface area (Å²) in [5, 5.41) is 7.62. The third-order valence-electron chi connectivity index (χ3n) is 1.89. The zero-order valence-corrected chi connectivity index (χ0v) is 8.49. The van der Waals surface area contributed by atoms with Crippen molar-refractivity contribution in [2.24, 2.45) is 11.3 Å². The van der Waals surface area contributed by atoms with Gasteiger partial charge in [0.15, 0.2) is 0 Å². The summed E-state index contributed by atoms with van der Waals surface area (Å²) in [7, 11) is 0. The van der Waals surface area contributed by atoms with Crippen LogP contribution in [0, 0.1) is 16.7 Å².